The zero-order valence-electron chi connectivity index (χ0n) is 17.3. The highest BCUT2D eigenvalue weighted by atomic mass is 16.6. The minimum Gasteiger partial charge on any atom is -0.459 e. The molecular formula is C22H25N5O4. The number of aromatic nitrogens is 4. The normalized spacial score (nSPS) is 31.3. The summed E-state index contributed by atoms with van der Waals surface area (Å²) in [5, 5.41) is 20.2. The van der Waals surface area contributed by atoms with Gasteiger partial charge in [0, 0.05) is 29.6 Å². The summed E-state index contributed by atoms with van der Waals surface area (Å²) < 4.78 is 10.1. The number of hydrogen-bond acceptors (Lipinski definition) is 8. The Hall–Kier alpha value is -2.94. The number of H-pyrrole nitrogens is 1. The summed E-state index contributed by atoms with van der Waals surface area (Å²) in [7, 11) is 0. The van der Waals surface area contributed by atoms with Gasteiger partial charge in [-0.3, -0.25) is 0 Å². The van der Waals surface area contributed by atoms with Gasteiger partial charge in [-0.2, -0.15) is 4.98 Å². The average Bonchev–Trinajstić information content (AvgIpc) is 3.42. The minimum absolute atomic E-state index is 0.203. The van der Waals surface area contributed by atoms with Crippen LogP contribution in [0.2, 0.25) is 0 Å². The van der Waals surface area contributed by atoms with Crippen molar-refractivity contribution in [2.75, 3.05) is 11.9 Å². The molecule has 0 amide bonds. The predicted octanol–water partition coefficient (Wildman–Crippen LogP) is 3.35. The molecule has 4 aliphatic rings. The lowest BCUT2D eigenvalue weighted by molar-refractivity contribution is -0.154. The van der Waals surface area contributed by atoms with Crippen LogP contribution in [0.15, 0.2) is 23.0 Å². The van der Waals surface area contributed by atoms with Crippen molar-refractivity contribution in [1.29, 1.82) is 0 Å². The lowest BCUT2D eigenvalue weighted by Gasteiger charge is -2.59. The van der Waals surface area contributed by atoms with Gasteiger partial charge >= 0.3 is 11.9 Å². The molecule has 3 aromatic heterocycles. The van der Waals surface area contributed by atoms with E-state index in [0.29, 0.717) is 16.9 Å². The number of aromatic amines is 1. The van der Waals surface area contributed by atoms with Gasteiger partial charge in [0.2, 0.25) is 5.82 Å². The molecule has 9 nitrogen and oxygen atoms in total. The summed E-state index contributed by atoms with van der Waals surface area (Å²) in [5.41, 5.74) is 1.00. The molecule has 0 saturated heterocycles. The van der Waals surface area contributed by atoms with E-state index < -0.39 is 11.7 Å². The second kappa shape index (κ2) is 6.78. The Bertz CT molecular complexity index is 1120. The third-order valence-corrected chi connectivity index (χ3v) is 7.41. The van der Waals surface area contributed by atoms with Crippen LogP contribution in [0.25, 0.3) is 22.4 Å². The molecule has 0 spiro atoms. The zero-order chi connectivity index (χ0) is 21.2. The molecule has 0 aliphatic heterocycles. The van der Waals surface area contributed by atoms with E-state index in [9.17, 15) is 9.90 Å². The largest absolute Gasteiger partial charge is 0.459 e. The summed E-state index contributed by atoms with van der Waals surface area (Å²) >= 11 is 0. The van der Waals surface area contributed by atoms with E-state index in [1.807, 2.05) is 12.3 Å². The van der Waals surface area contributed by atoms with E-state index in [0.717, 1.165) is 42.9 Å². The monoisotopic (exact) mass is 423 g/mol. The number of hydrogen-bond donors (Lipinski definition) is 3. The molecule has 0 aromatic carbocycles. The van der Waals surface area contributed by atoms with Gasteiger partial charge in [-0.15, -0.1) is 0 Å². The van der Waals surface area contributed by atoms with Crippen molar-refractivity contribution in [1.82, 2.24) is 20.1 Å². The Morgan fingerprint density at radius 1 is 1.29 bits per heavy atom. The summed E-state index contributed by atoms with van der Waals surface area (Å²) in [5.74, 6) is 1.28. The fourth-order valence-corrected chi connectivity index (χ4v) is 6.23. The summed E-state index contributed by atoms with van der Waals surface area (Å²) in [6.45, 7) is 1.94. The first-order valence-electron chi connectivity index (χ1n) is 11.0. The van der Waals surface area contributed by atoms with Gasteiger partial charge < -0.3 is 24.7 Å². The average molecular weight is 423 g/mol. The smallest absolute Gasteiger partial charge is 0.397 e. The van der Waals surface area contributed by atoms with E-state index in [-0.39, 0.29) is 30.2 Å². The molecule has 4 aliphatic carbocycles. The van der Waals surface area contributed by atoms with Crippen LogP contribution in [0.5, 0.6) is 0 Å². The number of carbonyl (C=O) groups is 1. The highest BCUT2D eigenvalue weighted by Gasteiger charge is 2.57. The van der Waals surface area contributed by atoms with Crippen LogP contribution >= 0.6 is 0 Å². The number of nitrogens with one attached hydrogen (secondary N) is 2. The van der Waals surface area contributed by atoms with E-state index in [1.165, 1.54) is 6.42 Å². The van der Waals surface area contributed by atoms with Gasteiger partial charge in [-0.1, -0.05) is 5.16 Å². The van der Waals surface area contributed by atoms with Gasteiger partial charge in [-0.05, 0) is 56.9 Å². The Labute approximate surface area is 178 Å². The van der Waals surface area contributed by atoms with E-state index >= 15 is 0 Å². The Balaban J connectivity index is 1.42. The van der Waals surface area contributed by atoms with Crippen LogP contribution in [0.1, 0.15) is 49.7 Å². The number of rotatable bonds is 5. The van der Waals surface area contributed by atoms with E-state index in [4.69, 9.17) is 9.26 Å². The van der Waals surface area contributed by atoms with Crippen LogP contribution < -0.4 is 5.32 Å². The number of nitrogens with zero attached hydrogens (tertiary/aromatic N) is 3. The fraction of sp³-hybridized carbons (Fsp3) is 0.545. The molecule has 0 atom stereocenters. The first-order valence-corrected chi connectivity index (χ1v) is 11.0. The molecule has 9 heteroatoms. The van der Waals surface area contributed by atoms with Gasteiger partial charge in [0.1, 0.15) is 11.4 Å². The third kappa shape index (κ3) is 2.86. The van der Waals surface area contributed by atoms with Crippen molar-refractivity contribution in [3.05, 3.63) is 24.4 Å². The van der Waals surface area contributed by atoms with Crippen molar-refractivity contribution in [3.8, 4) is 11.4 Å². The second-order valence-electron chi connectivity index (χ2n) is 9.19. The number of fused-ring (bicyclic) bond motifs is 1. The zero-order valence-corrected chi connectivity index (χ0v) is 17.3. The van der Waals surface area contributed by atoms with Gasteiger partial charge in [0.05, 0.1) is 17.9 Å². The standard InChI is InChI=1S/C22H25N5O4/c1-2-30-21(28)20-25-19(27-31-20)16-10-24-18-15(3-4-23-18)17(16)26-22(29)13-6-11-5-12(8-13)9-14(22)7-11/h3-4,10-14,29H,2,5-9H2,1H3,(H2,23,24,26)/t11-,12?,13?,14?,22+. The molecular weight excluding hydrogens is 398 g/mol. The van der Waals surface area contributed by atoms with Crippen molar-refractivity contribution in [2.45, 2.75) is 44.8 Å². The predicted molar refractivity (Wildman–Crippen MR) is 111 cm³/mol. The summed E-state index contributed by atoms with van der Waals surface area (Å²) in [4.78, 5) is 23.8. The highest BCUT2D eigenvalue weighted by molar-refractivity contribution is 5.97. The number of anilines is 1. The van der Waals surface area contributed by atoms with Crippen molar-refractivity contribution >= 4 is 22.7 Å². The van der Waals surface area contributed by atoms with Crippen molar-refractivity contribution in [2.24, 2.45) is 23.7 Å². The van der Waals surface area contributed by atoms with Crippen LogP contribution in [-0.2, 0) is 4.74 Å². The molecule has 4 fully saturated rings. The number of aliphatic hydroxyl groups is 1. The molecule has 4 bridgehead atoms. The highest BCUT2D eigenvalue weighted by Crippen LogP contribution is 2.58. The molecule has 3 heterocycles. The maximum absolute atomic E-state index is 12.0. The molecule has 0 unspecified atom stereocenters. The lowest BCUT2D eigenvalue weighted by atomic mass is 9.52. The number of esters is 1. The van der Waals surface area contributed by atoms with Crippen LogP contribution in [-0.4, -0.2) is 43.5 Å². The fourth-order valence-electron chi connectivity index (χ4n) is 6.23. The quantitative estimate of drug-likeness (QED) is 0.421. The topological polar surface area (TPSA) is 126 Å². The molecule has 162 valence electrons. The molecule has 31 heavy (non-hydrogen) atoms. The molecule has 4 saturated carbocycles. The van der Waals surface area contributed by atoms with Crippen LogP contribution in [0, 0.1) is 23.7 Å². The molecule has 0 radical (unpaired) electrons. The van der Waals surface area contributed by atoms with Crippen LogP contribution in [0.4, 0.5) is 5.69 Å². The van der Waals surface area contributed by atoms with Crippen molar-refractivity contribution in [3.63, 3.8) is 0 Å². The van der Waals surface area contributed by atoms with Crippen molar-refractivity contribution < 1.29 is 19.2 Å². The third-order valence-electron chi connectivity index (χ3n) is 7.41. The first kappa shape index (κ1) is 18.8. The lowest BCUT2D eigenvalue weighted by Crippen LogP contribution is -2.61. The second-order valence-corrected chi connectivity index (χ2v) is 9.19. The van der Waals surface area contributed by atoms with Gasteiger partial charge in [0.15, 0.2) is 0 Å². The van der Waals surface area contributed by atoms with Gasteiger partial charge in [-0.25, -0.2) is 9.78 Å². The van der Waals surface area contributed by atoms with Crippen LogP contribution in [0.3, 0.4) is 0 Å². The Kier molecular flexibility index (Phi) is 4.11. The number of ether oxygens (including phenoxy) is 1. The number of pyridine rings is 1. The number of carbonyl (C=O) groups excluding carboxylic acids is 1. The first-order chi connectivity index (χ1) is 15.0. The maximum Gasteiger partial charge on any atom is 0.397 e. The summed E-state index contributed by atoms with van der Waals surface area (Å²) in [6, 6.07) is 1.92. The summed E-state index contributed by atoms with van der Waals surface area (Å²) in [6.07, 6.45) is 9.00. The SMILES string of the molecule is CCOC(=O)c1nc(-c2cnc3[nH]ccc3c2N[C@]2(O)C3CC4CC2C[C@H](C4)C3)no1. The molecule has 7 rings (SSSR count). The van der Waals surface area contributed by atoms with E-state index in [1.54, 1.807) is 13.1 Å². The maximum atomic E-state index is 12.0. The Morgan fingerprint density at radius 3 is 2.74 bits per heavy atom. The minimum atomic E-state index is -0.985. The Morgan fingerprint density at radius 2 is 2.03 bits per heavy atom. The van der Waals surface area contributed by atoms with E-state index in [2.05, 4.69) is 25.4 Å². The molecule has 3 aromatic rings. The molecule has 3 N–H and O–H groups in total. The van der Waals surface area contributed by atoms with Gasteiger partial charge in [0.25, 0.3) is 0 Å².